The molecule has 0 atom stereocenters. The number of hydrogen-bond acceptors (Lipinski definition) is 4. The molecule has 0 unspecified atom stereocenters. The van der Waals surface area contributed by atoms with Crippen molar-refractivity contribution in [2.45, 2.75) is 37.8 Å². The quantitative estimate of drug-likeness (QED) is 0.783. The molecule has 0 spiro atoms. The van der Waals surface area contributed by atoms with Crippen molar-refractivity contribution in [3.8, 4) is 12.3 Å². The monoisotopic (exact) mass is 292 g/mol. The van der Waals surface area contributed by atoms with Crippen LogP contribution in [-0.2, 0) is 4.79 Å². The van der Waals surface area contributed by atoms with E-state index in [0.29, 0.717) is 24.9 Å². The summed E-state index contributed by atoms with van der Waals surface area (Å²) in [5.74, 6) is 2.28. The number of terminal acetylenes is 1. The van der Waals surface area contributed by atoms with Crippen LogP contribution in [0.25, 0.3) is 0 Å². The highest BCUT2D eigenvalue weighted by atomic mass is 19.3. The highest BCUT2D eigenvalue weighted by Crippen LogP contribution is 2.37. The van der Waals surface area contributed by atoms with Crippen LogP contribution in [0.15, 0.2) is 28.6 Å². The fourth-order valence-corrected chi connectivity index (χ4v) is 1.81. The maximum absolute atomic E-state index is 12.3. The van der Waals surface area contributed by atoms with Crippen LogP contribution in [-0.4, -0.2) is 16.6 Å². The summed E-state index contributed by atoms with van der Waals surface area (Å²) < 4.78 is 24.7. The van der Waals surface area contributed by atoms with Crippen molar-refractivity contribution < 1.29 is 13.6 Å². The van der Waals surface area contributed by atoms with Gasteiger partial charge in [0.1, 0.15) is 5.69 Å². The number of halogens is 2. The second kappa shape index (κ2) is 6.39. The van der Waals surface area contributed by atoms with Crippen LogP contribution in [0.1, 0.15) is 37.8 Å². The van der Waals surface area contributed by atoms with Gasteiger partial charge in [-0.3, -0.25) is 9.78 Å². The first-order chi connectivity index (χ1) is 10.0. The predicted octanol–water partition coefficient (Wildman–Crippen LogP) is 3.31. The largest absolute Gasteiger partial charge is 0.325 e. The number of nitrogens with one attached hydrogen (secondary N) is 1. The van der Waals surface area contributed by atoms with E-state index in [1.165, 1.54) is 18.3 Å². The molecule has 0 aliphatic carbocycles. The number of hydrogen-bond donors (Lipinski definition) is 1. The van der Waals surface area contributed by atoms with Gasteiger partial charge in [-0.2, -0.15) is 10.2 Å². The van der Waals surface area contributed by atoms with Crippen molar-refractivity contribution in [2.75, 3.05) is 5.32 Å². The van der Waals surface area contributed by atoms with E-state index >= 15 is 0 Å². The molecule has 1 N–H and O–H groups in total. The van der Waals surface area contributed by atoms with Crippen LogP contribution in [0.3, 0.4) is 0 Å². The highest BCUT2D eigenvalue weighted by molar-refractivity contribution is 5.90. The lowest BCUT2D eigenvalue weighted by molar-refractivity contribution is -0.116. The molecule has 21 heavy (non-hydrogen) atoms. The Morgan fingerprint density at radius 1 is 1.38 bits per heavy atom. The molecule has 0 bridgehead atoms. The molecule has 1 aliphatic heterocycles. The Hall–Kier alpha value is -2.36. The van der Waals surface area contributed by atoms with Gasteiger partial charge in [0.05, 0.1) is 11.9 Å². The van der Waals surface area contributed by atoms with Gasteiger partial charge in [0, 0.05) is 25.7 Å². The molecule has 0 radical (unpaired) electrons. The van der Waals surface area contributed by atoms with Crippen molar-refractivity contribution in [3.05, 3.63) is 24.0 Å². The molecule has 5 nitrogen and oxygen atoms in total. The van der Waals surface area contributed by atoms with E-state index in [4.69, 9.17) is 6.42 Å². The van der Waals surface area contributed by atoms with Crippen molar-refractivity contribution >= 4 is 11.6 Å². The van der Waals surface area contributed by atoms with Crippen LogP contribution >= 0.6 is 0 Å². The third kappa shape index (κ3) is 4.31. The predicted molar refractivity (Wildman–Crippen MR) is 72.7 cm³/mol. The summed E-state index contributed by atoms with van der Waals surface area (Å²) in [6.45, 7) is 0. The first-order valence-electron chi connectivity index (χ1n) is 6.46. The Labute approximate surface area is 120 Å². The number of aromatic nitrogens is 1. The number of anilines is 1. The molecule has 0 aromatic carbocycles. The molecule has 0 saturated heterocycles. The standard InChI is InChI=1S/C14H14F2N4O/c1-2-3-7-14(19-20-14)8-6-12(21)18-10-4-5-11(13(15)16)17-9-10/h1,4-5,9,13H,3,6-8H2,(H,18,21). The summed E-state index contributed by atoms with van der Waals surface area (Å²) in [6, 6.07) is 2.58. The minimum Gasteiger partial charge on any atom is -0.325 e. The Balaban J connectivity index is 1.78. The summed E-state index contributed by atoms with van der Waals surface area (Å²) in [4.78, 5) is 15.3. The molecule has 0 saturated carbocycles. The van der Waals surface area contributed by atoms with E-state index < -0.39 is 12.1 Å². The fourth-order valence-electron chi connectivity index (χ4n) is 1.81. The topological polar surface area (TPSA) is 66.7 Å². The second-order valence-electron chi connectivity index (χ2n) is 4.71. The molecular formula is C14H14F2N4O. The Morgan fingerprint density at radius 3 is 2.67 bits per heavy atom. The summed E-state index contributed by atoms with van der Waals surface area (Å²) in [5, 5.41) is 10.5. The number of alkyl halides is 2. The van der Waals surface area contributed by atoms with E-state index in [0.717, 1.165) is 0 Å². The van der Waals surface area contributed by atoms with E-state index in [9.17, 15) is 13.6 Å². The fraction of sp³-hybridized carbons (Fsp3) is 0.429. The Kier molecular flexibility index (Phi) is 4.58. The van der Waals surface area contributed by atoms with Crippen molar-refractivity contribution in [1.82, 2.24) is 4.98 Å². The van der Waals surface area contributed by atoms with E-state index in [1.54, 1.807) is 0 Å². The van der Waals surface area contributed by atoms with E-state index in [2.05, 4.69) is 26.4 Å². The van der Waals surface area contributed by atoms with Gasteiger partial charge >= 0.3 is 0 Å². The second-order valence-corrected chi connectivity index (χ2v) is 4.71. The maximum atomic E-state index is 12.3. The van der Waals surface area contributed by atoms with Crippen LogP contribution in [0, 0.1) is 12.3 Å². The normalized spacial score (nSPS) is 14.8. The number of carbonyl (C=O) groups excluding carboxylic acids is 1. The Bertz CT molecular complexity index is 572. The minimum absolute atomic E-state index is 0.230. The number of rotatable bonds is 7. The minimum atomic E-state index is -2.62. The lowest BCUT2D eigenvalue weighted by atomic mass is 10.0. The highest BCUT2D eigenvalue weighted by Gasteiger charge is 2.39. The first kappa shape index (κ1) is 15.0. The zero-order valence-corrected chi connectivity index (χ0v) is 11.2. The van der Waals surface area contributed by atoms with Gasteiger partial charge < -0.3 is 5.32 Å². The summed E-state index contributed by atoms with van der Waals surface area (Å²) in [5.41, 5.74) is -0.440. The van der Waals surface area contributed by atoms with Crippen LogP contribution in [0.5, 0.6) is 0 Å². The molecule has 1 aromatic rings. The van der Waals surface area contributed by atoms with Gasteiger partial charge in [-0.15, -0.1) is 12.3 Å². The van der Waals surface area contributed by atoms with Gasteiger partial charge in [-0.05, 0) is 12.1 Å². The lowest BCUT2D eigenvalue weighted by Gasteiger charge is -2.09. The van der Waals surface area contributed by atoms with Crippen molar-refractivity contribution in [1.29, 1.82) is 0 Å². The molecule has 110 valence electrons. The molecular weight excluding hydrogens is 278 g/mol. The Morgan fingerprint density at radius 2 is 2.14 bits per heavy atom. The SMILES string of the molecule is C#CCCC1(CCC(=O)Nc2ccc(C(F)F)nc2)N=N1. The zero-order chi connectivity index (χ0) is 15.3. The maximum Gasteiger partial charge on any atom is 0.280 e. The third-order valence-electron chi connectivity index (χ3n) is 3.10. The summed E-state index contributed by atoms with van der Waals surface area (Å²) in [7, 11) is 0. The molecule has 1 aromatic heterocycles. The van der Waals surface area contributed by atoms with Gasteiger partial charge in [0.2, 0.25) is 5.91 Å². The van der Waals surface area contributed by atoms with Crippen molar-refractivity contribution in [3.63, 3.8) is 0 Å². The molecule has 7 heteroatoms. The smallest absolute Gasteiger partial charge is 0.280 e. The third-order valence-corrected chi connectivity index (χ3v) is 3.10. The van der Waals surface area contributed by atoms with Crippen LogP contribution < -0.4 is 5.32 Å². The van der Waals surface area contributed by atoms with Crippen LogP contribution in [0.4, 0.5) is 14.5 Å². The molecule has 1 aliphatic rings. The average molecular weight is 292 g/mol. The number of amides is 1. The van der Waals surface area contributed by atoms with E-state index in [1.807, 2.05) is 0 Å². The number of nitrogens with zero attached hydrogens (tertiary/aromatic N) is 3. The zero-order valence-electron chi connectivity index (χ0n) is 11.2. The van der Waals surface area contributed by atoms with Gasteiger partial charge in [-0.25, -0.2) is 8.78 Å². The number of carbonyl (C=O) groups is 1. The summed E-state index contributed by atoms with van der Waals surface area (Å²) >= 11 is 0. The van der Waals surface area contributed by atoms with Gasteiger partial charge in [0.15, 0.2) is 5.66 Å². The van der Waals surface area contributed by atoms with Crippen molar-refractivity contribution in [2.24, 2.45) is 10.2 Å². The lowest BCUT2D eigenvalue weighted by Crippen LogP contribution is -2.17. The molecule has 2 heterocycles. The van der Waals surface area contributed by atoms with Gasteiger partial charge in [-0.1, -0.05) is 0 Å². The molecule has 0 fully saturated rings. The first-order valence-corrected chi connectivity index (χ1v) is 6.46. The van der Waals surface area contributed by atoms with Gasteiger partial charge in [0.25, 0.3) is 6.43 Å². The van der Waals surface area contributed by atoms with E-state index in [-0.39, 0.29) is 18.0 Å². The summed E-state index contributed by atoms with van der Waals surface area (Å²) in [6.07, 6.45) is 5.69. The average Bonchev–Trinajstić information content (AvgIpc) is 3.24. The number of pyridine rings is 1. The molecule has 1 amide bonds. The van der Waals surface area contributed by atoms with Crippen LogP contribution in [0.2, 0.25) is 0 Å². The molecule has 2 rings (SSSR count).